The first-order valence-corrected chi connectivity index (χ1v) is 11.9. The van der Waals surface area contributed by atoms with Gasteiger partial charge in [0, 0.05) is 11.2 Å². The van der Waals surface area contributed by atoms with Gasteiger partial charge in [-0.1, -0.05) is 19.1 Å². The zero-order chi connectivity index (χ0) is 26.6. The highest BCUT2D eigenvalue weighted by Crippen LogP contribution is 2.34. The summed E-state index contributed by atoms with van der Waals surface area (Å²) in [5, 5.41) is 2.98. The smallest absolute Gasteiger partial charge is 0.273 e. The van der Waals surface area contributed by atoms with E-state index in [9.17, 15) is 18.8 Å². The first-order valence-electron chi connectivity index (χ1n) is 11.1. The van der Waals surface area contributed by atoms with E-state index in [-0.39, 0.29) is 21.9 Å². The molecule has 0 bridgehead atoms. The van der Waals surface area contributed by atoms with Crippen LogP contribution in [0.3, 0.4) is 0 Å². The number of aromatic nitrogens is 1. The van der Waals surface area contributed by atoms with Crippen molar-refractivity contribution in [2.45, 2.75) is 38.8 Å². The Morgan fingerprint density at radius 2 is 1.75 bits per heavy atom. The molecule has 36 heavy (non-hydrogen) atoms. The van der Waals surface area contributed by atoms with Gasteiger partial charge in [0.05, 0.1) is 12.8 Å². The molecule has 0 aliphatic heterocycles. The minimum atomic E-state index is -1.18. The van der Waals surface area contributed by atoms with Crippen molar-refractivity contribution in [2.24, 2.45) is 5.73 Å². The summed E-state index contributed by atoms with van der Waals surface area (Å²) in [6, 6.07) is 10.6. The summed E-state index contributed by atoms with van der Waals surface area (Å²) >= 11 is 0.694. The second-order valence-corrected chi connectivity index (χ2v) is 9.47. The molecule has 2 aromatic carbocycles. The minimum Gasteiger partial charge on any atom is -0.497 e. The van der Waals surface area contributed by atoms with Gasteiger partial charge in [0.15, 0.2) is 5.69 Å². The Kier molecular flexibility index (Phi) is 7.93. The number of carbonyl (C=O) groups is 3. The molecule has 9 nitrogen and oxygen atoms in total. The van der Waals surface area contributed by atoms with Crippen LogP contribution in [-0.2, 0) is 4.79 Å². The molecule has 3 amide bonds. The molecule has 1 heterocycles. The monoisotopic (exact) mass is 513 g/mol. The number of benzene rings is 2. The second kappa shape index (κ2) is 10.7. The fourth-order valence-electron chi connectivity index (χ4n) is 3.42. The summed E-state index contributed by atoms with van der Waals surface area (Å²) in [5.41, 5.74) is 11.1. The maximum atomic E-state index is 13.9. The Hall–Kier alpha value is -3.99. The van der Waals surface area contributed by atoms with E-state index in [0.29, 0.717) is 29.3 Å². The molecule has 1 aromatic heterocycles. The van der Waals surface area contributed by atoms with Crippen molar-refractivity contribution >= 4 is 40.6 Å². The number of ether oxygens (including phenoxy) is 1. The number of primary amides is 1. The number of nitrogen functional groups attached to an aromatic ring is 1. The Morgan fingerprint density at radius 3 is 2.25 bits per heavy atom. The fraction of sp³-hybridized carbons (Fsp3) is 0.280. The summed E-state index contributed by atoms with van der Waals surface area (Å²) in [6.45, 7) is 5.65. The van der Waals surface area contributed by atoms with Gasteiger partial charge in [-0.05, 0) is 73.8 Å². The van der Waals surface area contributed by atoms with Gasteiger partial charge in [0.25, 0.3) is 11.8 Å². The van der Waals surface area contributed by atoms with E-state index in [2.05, 4.69) is 9.69 Å². The lowest BCUT2D eigenvalue weighted by atomic mass is 9.98. The standard InChI is InChI=1S/C25H28FN5O4S/c1-5-25(2,3)29-23(33)20(14-6-12-17(35-4)13-7-14)31(16-10-8-15(26)9-11-16)24(34)21-18(27)19(22(28)32)30-36-21/h6-13,20H,5,27H2,1-4H3,(H2,28,32)(H,29,33). The van der Waals surface area contributed by atoms with Crippen LogP contribution in [0.4, 0.5) is 15.8 Å². The van der Waals surface area contributed by atoms with Crippen molar-refractivity contribution < 1.29 is 23.5 Å². The highest BCUT2D eigenvalue weighted by atomic mass is 32.1. The zero-order valence-corrected chi connectivity index (χ0v) is 21.2. The molecule has 11 heteroatoms. The first kappa shape index (κ1) is 26.6. The summed E-state index contributed by atoms with van der Waals surface area (Å²) in [6.07, 6.45) is 0.627. The van der Waals surface area contributed by atoms with Gasteiger partial charge in [0.1, 0.15) is 22.5 Å². The third-order valence-electron chi connectivity index (χ3n) is 5.76. The molecular weight excluding hydrogens is 485 g/mol. The van der Waals surface area contributed by atoms with Crippen LogP contribution in [0.1, 0.15) is 59.0 Å². The van der Waals surface area contributed by atoms with Crippen LogP contribution in [0, 0.1) is 5.82 Å². The van der Waals surface area contributed by atoms with E-state index < -0.39 is 35.1 Å². The predicted molar refractivity (Wildman–Crippen MR) is 137 cm³/mol. The first-order chi connectivity index (χ1) is 17.0. The quantitative estimate of drug-likeness (QED) is 0.399. The van der Waals surface area contributed by atoms with Crippen molar-refractivity contribution in [3.8, 4) is 5.75 Å². The molecule has 3 aromatic rings. The fourth-order valence-corrected chi connectivity index (χ4v) is 4.16. The van der Waals surface area contributed by atoms with Gasteiger partial charge in [-0.15, -0.1) is 0 Å². The molecule has 0 aliphatic carbocycles. The summed E-state index contributed by atoms with van der Waals surface area (Å²) < 4.78 is 22.9. The van der Waals surface area contributed by atoms with Gasteiger partial charge in [0.2, 0.25) is 5.91 Å². The van der Waals surface area contributed by atoms with Crippen LogP contribution >= 0.6 is 11.5 Å². The second-order valence-electron chi connectivity index (χ2n) is 8.69. The molecule has 1 atom stereocenters. The highest BCUT2D eigenvalue weighted by molar-refractivity contribution is 7.09. The molecule has 190 valence electrons. The van der Waals surface area contributed by atoms with Crippen LogP contribution in [0.15, 0.2) is 48.5 Å². The molecule has 0 aliphatic rings. The molecular formula is C25H28FN5O4S. The van der Waals surface area contributed by atoms with Crippen molar-refractivity contribution in [3.63, 3.8) is 0 Å². The average molecular weight is 514 g/mol. The number of amides is 3. The lowest BCUT2D eigenvalue weighted by Gasteiger charge is -2.34. The van der Waals surface area contributed by atoms with E-state index >= 15 is 0 Å². The number of methoxy groups -OCH3 is 1. The van der Waals surface area contributed by atoms with Gasteiger partial charge in [-0.3, -0.25) is 19.3 Å². The molecule has 5 N–H and O–H groups in total. The van der Waals surface area contributed by atoms with Crippen LogP contribution in [0.5, 0.6) is 5.75 Å². The zero-order valence-electron chi connectivity index (χ0n) is 20.4. The number of anilines is 2. The highest BCUT2D eigenvalue weighted by Gasteiger charge is 2.37. The SMILES string of the molecule is CCC(C)(C)NC(=O)C(c1ccc(OC)cc1)N(C(=O)c1snc(C(N)=O)c1N)c1ccc(F)cc1. The molecule has 0 fully saturated rings. The predicted octanol–water partition coefficient (Wildman–Crippen LogP) is 3.66. The van der Waals surface area contributed by atoms with Crippen molar-refractivity contribution in [1.82, 2.24) is 9.69 Å². The van der Waals surface area contributed by atoms with Gasteiger partial charge in [-0.2, -0.15) is 4.37 Å². The Balaban J connectivity index is 2.22. The van der Waals surface area contributed by atoms with Gasteiger partial charge in [-0.25, -0.2) is 4.39 Å². The summed E-state index contributed by atoms with van der Waals surface area (Å²) in [7, 11) is 1.51. The molecule has 0 spiro atoms. The summed E-state index contributed by atoms with van der Waals surface area (Å²) in [5.74, 6) is -2.01. The molecule has 0 saturated carbocycles. The van der Waals surface area contributed by atoms with Gasteiger partial charge < -0.3 is 21.5 Å². The Bertz CT molecular complexity index is 1260. The lowest BCUT2D eigenvalue weighted by molar-refractivity contribution is -0.124. The van der Waals surface area contributed by atoms with Crippen LogP contribution in [0.2, 0.25) is 0 Å². The number of hydrogen-bond acceptors (Lipinski definition) is 7. The Morgan fingerprint density at radius 1 is 1.14 bits per heavy atom. The number of carbonyl (C=O) groups excluding carboxylic acids is 3. The normalized spacial score (nSPS) is 12.0. The van der Waals surface area contributed by atoms with Crippen molar-refractivity contribution in [3.05, 3.63) is 70.5 Å². The summed E-state index contributed by atoms with van der Waals surface area (Å²) in [4.78, 5) is 40.5. The number of nitrogens with one attached hydrogen (secondary N) is 1. The molecule has 1 unspecified atom stereocenters. The number of hydrogen-bond donors (Lipinski definition) is 3. The number of rotatable bonds is 9. The Labute approximate surface area is 212 Å². The topological polar surface area (TPSA) is 141 Å². The largest absolute Gasteiger partial charge is 0.497 e. The van der Waals surface area contributed by atoms with E-state index in [4.69, 9.17) is 16.2 Å². The van der Waals surface area contributed by atoms with Crippen molar-refractivity contribution in [1.29, 1.82) is 0 Å². The van der Waals surface area contributed by atoms with Crippen molar-refractivity contribution in [2.75, 3.05) is 17.7 Å². The van der Waals surface area contributed by atoms with E-state index in [1.54, 1.807) is 24.3 Å². The van der Waals surface area contributed by atoms with Crippen LogP contribution in [-0.4, -0.2) is 34.7 Å². The number of nitrogens with zero attached hydrogens (tertiary/aromatic N) is 2. The molecule has 3 rings (SSSR count). The maximum Gasteiger partial charge on any atom is 0.273 e. The van der Waals surface area contributed by atoms with E-state index in [1.165, 1.54) is 36.3 Å². The average Bonchev–Trinajstić information content (AvgIpc) is 3.24. The third kappa shape index (κ3) is 5.62. The molecule has 0 radical (unpaired) electrons. The maximum absolute atomic E-state index is 13.9. The third-order valence-corrected chi connectivity index (χ3v) is 6.61. The van der Waals surface area contributed by atoms with E-state index in [1.807, 2.05) is 20.8 Å². The molecule has 0 saturated heterocycles. The minimum absolute atomic E-state index is 0.0748. The number of nitrogens with two attached hydrogens (primary N) is 2. The lowest BCUT2D eigenvalue weighted by Crippen LogP contribution is -2.50. The van der Waals surface area contributed by atoms with Crippen LogP contribution < -0.4 is 26.4 Å². The van der Waals surface area contributed by atoms with E-state index in [0.717, 1.165) is 0 Å². The number of halogens is 1. The van der Waals surface area contributed by atoms with Gasteiger partial charge >= 0.3 is 0 Å². The van der Waals surface area contributed by atoms with Crippen LogP contribution in [0.25, 0.3) is 0 Å².